The third-order valence-corrected chi connectivity index (χ3v) is 4.81. The van der Waals surface area contributed by atoms with Crippen LogP contribution in [0.3, 0.4) is 0 Å². The van der Waals surface area contributed by atoms with Crippen LogP contribution in [-0.4, -0.2) is 11.0 Å². The van der Waals surface area contributed by atoms with E-state index in [9.17, 15) is 0 Å². The number of nitrogens with one attached hydrogen (secondary N) is 1. The molecule has 2 aromatic rings. The van der Waals surface area contributed by atoms with E-state index in [0.717, 1.165) is 32.7 Å². The first-order valence-electron chi connectivity index (χ1n) is 5.86. The van der Waals surface area contributed by atoms with Crippen molar-refractivity contribution in [2.45, 2.75) is 25.4 Å². The van der Waals surface area contributed by atoms with Gasteiger partial charge in [0, 0.05) is 38.7 Å². The third kappa shape index (κ3) is 2.94. The molecule has 0 spiro atoms. The number of benzene rings is 1. The summed E-state index contributed by atoms with van der Waals surface area (Å²) in [7, 11) is 0. The zero-order chi connectivity index (χ0) is 12.5. The minimum absolute atomic E-state index is 0.730. The van der Waals surface area contributed by atoms with Crippen LogP contribution in [0, 0.1) is 0 Å². The maximum absolute atomic E-state index is 6.03. The van der Waals surface area contributed by atoms with Crippen LogP contribution in [0.5, 0.6) is 0 Å². The van der Waals surface area contributed by atoms with Gasteiger partial charge in [0.2, 0.25) is 0 Å². The van der Waals surface area contributed by atoms with Crippen molar-refractivity contribution < 1.29 is 0 Å². The normalized spacial score (nSPS) is 15.0. The van der Waals surface area contributed by atoms with Crippen molar-refractivity contribution in [3.63, 3.8) is 0 Å². The van der Waals surface area contributed by atoms with Gasteiger partial charge in [-0.2, -0.15) is 0 Å². The smallest absolute Gasteiger partial charge is 0.124 e. The maximum Gasteiger partial charge on any atom is 0.124 e. The minimum Gasteiger partial charge on any atom is -0.309 e. The Balaban J connectivity index is 1.80. The molecule has 0 unspecified atom stereocenters. The first kappa shape index (κ1) is 12.6. The Morgan fingerprint density at radius 2 is 2.28 bits per heavy atom. The fourth-order valence-electron chi connectivity index (χ4n) is 1.71. The zero-order valence-electron chi connectivity index (χ0n) is 9.62. The van der Waals surface area contributed by atoms with Gasteiger partial charge in [0.1, 0.15) is 5.01 Å². The highest BCUT2D eigenvalue weighted by Gasteiger charge is 2.20. The molecule has 0 radical (unpaired) electrons. The van der Waals surface area contributed by atoms with Crippen LogP contribution in [-0.2, 0) is 6.54 Å². The standard InChI is InChI=1S/C13H12BrClN2S/c14-12-4-1-8(15)5-11(12)13-17-7-10(18-13)6-16-9-2-3-9/h1,4-5,7,9,16H,2-3,6H2. The van der Waals surface area contributed by atoms with Gasteiger partial charge in [-0.05, 0) is 31.0 Å². The molecule has 3 rings (SSSR count). The molecule has 1 heterocycles. The van der Waals surface area contributed by atoms with Crippen LogP contribution in [0.15, 0.2) is 28.9 Å². The lowest BCUT2D eigenvalue weighted by Gasteiger charge is -2.01. The number of aromatic nitrogens is 1. The maximum atomic E-state index is 6.03. The first-order valence-corrected chi connectivity index (χ1v) is 7.84. The Morgan fingerprint density at radius 1 is 1.44 bits per heavy atom. The molecule has 0 aliphatic heterocycles. The zero-order valence-corrected chi connectivity index (χ0v) is 12.8. The van der Waals surface area contributed by atoms with Gasteiger partial charge < -0.3 is 5.32 Å². The molecule has 1 fully saturated rings. The lowest BCUT2D eigenvalue weighted by molar-refractivity contribution is 0.694. The second kappa shape index (κ2) is 5.29. The molecular formula is C13H12BrClN2S. The van der Waals surface area contributed by atoms with Crippen molar-refractivity contribution in [2.24, 2.45) is 0 Å². The van der Waals surface area contributed by atoms with Crippen molar-refractivity contribution in [3.8, 4) is 10.6 Å². The average Bonchev–Trinajstić information content (AvgIpc) is 3.08. The molecule has 1 aliphatic carbocycles. The Bertz CT molecular complexity index is 566. The van der Waals surface area contributed by atoms with Crippen molar-refractivity contribution in [1.29, 1.82) is 0 Å². The van der Waals surface area contributed by atoms with E-state index in [1.165, 1.54) is 17.7 Å². The van der Waals surface area contributed by atoms with E-state index >= 15 is 0 Å². The second-order valence-corrected chi connectivity index (χ2v) is 6.82. The summed E-state index contributed by atoms with van der Waals surface area (Å²) in [5, 5.41) is 5.24. The topological polar surface area (TPSA) is 24.9 Å². The molecule has 2 nitrogen and oxygen atoms in total. The highest BCUT2D eigenvalue weighted by molar-refractivity contribution is 9.10. The van der Waals surface area contributed by atoms with Gasteiger partial charge in [0.15, 0.2) is 0 Å². The molecule has 1 aromatic heterocycles. The van der Waals surface area contributed by atoms with E-state index in [1.807, 2.05) is 24.4 Å². The molecule has 1 aromatic carbocycles. The second-order valence-electron chi connectivity index (χ2n) is 4.41. The van der Waals surface area contributed by atoms with Crippen LogP contribution in [0.1, 0.15) is 17.7 Å². The van der Waals surface area contributed by atoms with Crippen LogP contribution in [0.4, 0.5) is 0 Å². The van der Waals surface area contributed by atoms with Gasteiger partial charge in [0.25, 0.3) is 0 Å². The molecule has 5 heteroatoms. The average molecular weight is 344 g/mol. The molecule has 0 bridgehead atoms. The summed E-state index contributed by atoms with van der Waals surface area (Å²) < 4.78 is 1.03. The van der Waals surface area contributed by atoms with Crippen molar-refractivity contribution in [1.82, 2.24) is 10.3 Å². The highest BCUT2D eigenvalue weighted by Crippen LogP contribution is 2.33. The molecule has 18 heavy (non-hydrogen) atoms. The van der Waals surface area contributed by atoms with Gasteiger partial charge >= 0.3 is 0 Å². The summed E-state index contributed by atoms with van der Waals surface area (Å²) >= 11 is 11.3. The van der Waals surface area contributed by atoms with E-state index in [-0.39, 0.29) is 0 Å². The Morgan fingerprint density at radius 3 is 3.06 bits per heavy atom. The molecular weight excluding hydrogens is 332 g/mol. The minimum atomic E-state index is 0.730. The molecule has 0 saturated heterocycles. The van der Waals surface area contributed by atoms with Gasteiger partial charge in [-0.15, -0.1) is 11.3 Å². The number of rotatable bonds is 4. The quantitative estimate of drug-likeness (QED) is 0.885. The van der Waals surface area contributed by atoms with Gasteiger partial charge in [-0.3, -0.25) is 0 Å². The van der Waals surface area contributed by atoms with Crippen molar-refractivity contribution in [2.75, 3.05) is 0 Å². The predicted molar refractivity (Wildman–Crippen MR) is 80.1 cm³/mol. The van der Waals surface area contributed by atoms with Crippen LogP contribution >= 0.6 is 38.9 Å². The lowest BCUT2D eigenvalue weighted by atomic mass is 10.2. The fraction of sp³-hybridized carbons (Fsp3) is 0.308. The van der Waals surface area contributed by atoms with E-state index in [2.05, 4.69) is 26.2 Å². The van der Waals surface area contributed by atoms with E-state index in [4.69, 9.17) is 11.6 Å². The van der Waals surface area contributed by atoms with Crippen molar-refractivity contribution in [3.05, 3.63) is 38.8 Å². The summed E-state index contributed by atoms with van der Waals surface area (Å²) in [5.74, 6) is 0. The number of thiazole rings is 1. The monoisotopic (exact) mass is 342 g/mol. The SMILES string of the molecule is Clc1ccc(Br)c(-c2ncc(CNC3CC3)s2)c1. The molecule has 1 N–H and O–H groups in total. The Labute approximate surface area is 124 Å². The number of nitrogens with zero attached hydrogens (tertiary/aromatic N) is 1. The van der Waals surface area contributed by atoms with E-state index in [0.29, 0.717) is 0 Å². The number of hydrogen-bond donors (Lipinski definition) is 1. The Hall–Kier alpha value is -0.420. The molecule has 0 amide bonds. The summed E-state index contributed by atoms with van der Waals surface area (Å²) in [6.45, 7) is 0.917. The molecule has 1 aliphatic rings. The number of halogens is 2. The third-order valence-electron chi connectivity index (χ3n) is 2.85. The number of hydrogen-bond acceptors (Lipinski definition) is 3. The first-order chi connectivity index (χ1) is 8.72. The molecule has 0 atom stereocenters. The molecule has 1 saturated carbocycles. The van der Waals surface area contributed by atoms with Gasteiger partial charge in [0.05, 0.1) is 0 Å². The van der Waals surface area contributed by atoms with Gasteiger partial charge in [-0.1, -0.05) is 27.5 Å². The fourth-order valence-corrected chi connectivity index (χ4v) is 3.34. The lowest BCUT2D eigenvalue weighted by Crippen LogP contribution is -2.14. The van der Waals surface area contributed by atoms with E-state index < -0.39 is 0 Å². The predicted octanol–water partition coefficient (Wildman–Crippen LogP) is 4.48. The summed E-state index contributed by atoms with van der Waals surface area (Å²) in [5.41, 5.74) is 1.06. The van der Waals surface area contributed by atoms with Crippen molar-refractivity contribution >= 4 is 38.9 Å². The Kier molecular flexibility index (Phi) is 3.71. The van der Waals surface area contributed by atoms with Crippen LogP contribution < -0.4 is 5.32 Å². The van der Waals surface area contributed by atoms with Gasteiger partial charge in [-0.25, -0.2) is 4.98 Å². The summed E-state index contributed by atoms with van der Waals surface area (Å²) in [6.07, 6.45) is 4.57. The summed E-state index contributed by atoms with van der Waals surface area (Å²) in [6, 6.07) is 6.51. The largest absolute Gasteiger partial charge is 0.309 e. The van der Waals surface area contributed by atoms with Crippen LogP contribution in [0.25, 0.3) is 10.6 Å². The van der Waals surface area contributed by atoms with Crippen LogP contribution in [0.2, 0.25) is 5.02 Å². The van der Waals surface area contributed by atoms with E-state index in [1.54, 1.807) is 11.3 Å². The highest BCUT2D eigenvalue weighted by atomic mass is 79.9. The summed E-state index contributed by atoms with van der Waals surface area (Å²) in [4.78, 5) is 5.74. The molecule has 94 valence electrons.